The van der Waals surface area contributed by atoms with Crippen LogP contribution in [-0.2, 0) is 0 Å². The molecular weight excluding hydrogens is 330 g/mol. The van der Waals surface area contributed by atoms with Gasteiger partial charge in [-0.15, -0.1) is 0 Å². The number of fused-ring (bicyclic) bond motifs is 4. The summed E-state index contributed by atoms with van der Waals surface area (Å²) in [5.41, 5.74) is 2.21. The molecule has 6 rings (SSSR count). The molecule has 3 saturated heterocycles. The van der Waals surface area contributed by atoms with Crippen LogP contribution in [0.5, 0.6) is 5.75 Å². The third kappa shape index (κ3) is 2.44. The largest absolute Gasteiger partial charge is 0.464 e. The summed E-state index contributed by atoms with van der Waals surface area (Å²) in [6.45, 7) is 3.45. The number of rotatable bonds is 3. The van der Waals surface area contributed by atoms with E-state index < -0.39 is 0 Å². The predicted molar refractivity (Wildman–Crippen MR) is 98.3 cm³/mol. The van der Waals surface area contributed by atoms with Crippen LogP contribution in [0, 0.1) is 16.0 Å². The third-order valence-electron chi connectivity index (χ3n) is 6.00. The van der Waals surface area contributed by atoms with E-state index in [1.54, 1.807) is 12.1 Å². The van der Waals surface area contributed by atoms with Gasteiger partial charge in [-0.25, -0.2) is 0 Å². The standard InChI is InChI=1S/C20H21N3O3/c24-23(25)16-7-5-15(6-8-16)20-22(17-3-1-2-4-19(17)26-20)18-13-21-11-9-14(18)10-12-21/h1-8,14,18,20H,9-13H2. The Morgan fingerprint density at radius 2 is 1.77 bits per heavy atom. The van der Waals surface area contributed by atoms with Crippen LogP contribution in [0.25, 0.3) is 0 Å². The van der Waals surface area contributed by atoms with Crippen molar-refractivity contribution in [2.75, 3.05) is 24.5 Å². The Morgan fingerprint density at radius 1 is 1.04 bits per heavy atom. The summed E-state index contributed by atoms with van der Waals surface area (Å²) in [6.07, 6.45) is 2.24. The second-order valence-electron chi connectivity index (χ2n) is 7.40. The molecule has 4 heterocycles. The molecule has 0 aliphatic carbocycles. The van der Waals surface area contributed by atoms with Gasteiger partial charge in [-0.05, 0) is 56.1 Å². The fourth-order valence-corrected chi connectivity index (χ4v) is 4.66. The Morgan fingerprint density at radius 3 is 2.42 bits per heavy atom. The minimum absolute atomic E-state index is 0.110. The van der Waals surface area contributed by atoms with E-state index in [1.807, 2.05) is 24.3 Å². The lowest BCUT2D eigenvalue weighted by Gasteiger charge is -2.49. The molecule has 0 amide bonds. The van der Waals surface area contributed by atoms with E-state index in [9.17, 15) is 10.1 Å². The van der Waals surface area contributed by atoms with E-state index in [1.165, 1.54) is 25.9 Å². The van der Waals surface area contributed by atoms with E-state index in [0.29, 0.717) is 12.0 Å². The number of hydrogen-bond donors (Lipinski definition) is 0. The van der Waals surface area contributed by atoms with Crippen LogP contribution >= 0.6 is 0 Å². The zero-order chi connectivity index (χ0) is 17.7. The van der Waals surface area contributed by atoms with Gasteiger partial charge in [-0.1, -0.05) is 12.1 Å². The van der Waals surface area contributed by atoms with Gasteiger partial charge in [-0.2, -0.15) is 0 Å². The molecule has 0 aromatic heterocycles. The molecule has 2 unspecified atom stereocenters. The first-order valence-corrected chi connectivity index (χ1v) is 9.21. The number of hydrogen-bond acceptors (Lipinski definition) is 5. The maximum Gasteiger partial charge on any atom is 0.269 e. The molecule has 3 fully saturated rings. The third-order valence-corrected chi connectivity index (χ3v) is 6.00. The van der Waals surface area contributed by atoms with E-state index in [-0.39, 0.29) is 16.8 Å². The first kappa shape index (κ1) is 15.6. The average molecular weight is 351 g/mol. The molecule has 2 aromatic carbocycles. The summed E-state index contributed by atoms with van der Waals surface area (Å²) in [6, 6.07) is 15.4. The SMILES string of the molecule is O=[N+]([O-])c1ccc(C2Oc3ccccc3N2C2CN3CCC2CC3)cc1. The van der Waals surface area contributed by atoms with Crippen molar-refractivity contribution in [2.24, 2.45) is 5.92 Å². The second kappa shape index (κ2) is 5.99. The van der Waals surface area contributed by atoms with Gasteiger partial charge < -0.3 is 14.5 Å². The predicted octanol–water partition coefficient (Wildman–Crippen LogP) is 3.59. The Labute approximate surface area is 152 Å². The number of anilines is 1. The van der Waals surface area contributed by atoms with Gasteiger partial charge in [0.25, 0.3) is 5.69 Å². The zero-order valence-corrected chi connectivity index (χ0v) is 14.5. The quantitative estimate of drug-likeness (QED) is 0.625. The van der Waals surface area contributed by atoms with Gasteiger partial charge in [0, 0.05) is 30.3 Å². The van der Waals surface area contributed by atoms with Crippen LogP contribution in [0.4, 0.5) is 11.4 Å². The van der Waals surface area contributed by atoms with E-state index in [0.717, 1.165) is 23.5 Å². The van der Waals surface area contributed by atoms with Crippen molar-refractivity contribution in [3.8, 4) is 5.75 Å². The Bertz CT molecular complexity index is 830. The van der Waals surface area contributed by atoms with Crippen molar-refractivity contribution in [3.63, 3.8) is 0 Å². The summed E-state index contributed by atoms with van der Waals surface area (Å²) in [7, 11) is 0. The maximum atomic E-state index is 11.0. The van der Waals surface area contributed by atoms with Gasteiger partial charge in [0.1, 0.15) is 5.75 Å². The van der Waals surface area contributed by atoms with Crippen molar-refractivity contribution < 1.29 is 9.66 Å². The van der Waals surface area contributed by atoms with Gasteiger partial charge in [0.05, 0.1) is 10.6 Å². The summed E-state index contributed by atoms with van der Waals surface area (Å²) >= 11 is 0. The molecule has 0 spiro atoms. The monoisotopic (exact) mass is 351 g/mol. The normalized spacial score (nSPS) is 29.3. The number of nitrogens with zero attached hydrogens (tertiary/aromatic N) is 3. The Balaban J connectivity index is 1.53. The minimum Gasteiger partial charge on any atom is -0.464 e. The van der Waals surface area contributed by atoms with E-state index in [4.69, 9.17) is 4.74 Å². The Kier molecular flexibility index (Phi) is 3.60. The van der Waals surface area contributed by atoms with Crippen LogP contribution in [0.15, 0.2) is 48.5 Å². The molecule has 6 heteroatoms. The summed E-state index contributed by atoms with van der Waals surface area (Å²) in [5, 5.41) is 11.0. The molecule has 2 atom stereocenters. The van der Waals surface area contributed by atoms with E-state index >= 15 is 0 Å². The fourth-order valence-electron chi connectivity index (χ4n) is 4.66. The molecule has 4 aliphatic heterocycles. The van der Waals surface area contributed by atoms with Gasteiger partial charge in [0.15, 0.2) is 6.23 Å². The van der Waals surface area contributed by atoms with Crippen LogP contribution in [-0.4, -0.2) is 35.5 Å². The Hall–Kier alpha value is -2.60. The highest BCUT2D eigenvalue weighted by Crippen LogP contribution is 2.47. The van der Waals surface area contributed by atoms with Gasteiger partial charge in [-0.3, -0.25) is 10.1 Å². The lowest BCUT2D eigenvalue weighted by molar-refractivity contribution is -0.384. The highest BCUT2D eigenvalue weighted by Gasteiger charge is 2.44. The maximum absolute atomic E-state index is 11.0. The van der Waals surface area contributed by atoms with Crippen molar-refractivity contribution in [2.45, 2.75) is 25.1 Å². The number of benzene rings is 2. The molecular formula is C20H21N3O3. The second-order valence-corrected chi connectivity index (χ2v) is 7.40. The number of piperidine rings is 3. The first-order chi connectivity index (χ1) is 12.7. The molecule has 2 bridgehead atoms. The van der Waals surface area contributed by atoms with Crippen LogP contribution in [0.3, 0.4) is 0 Å². The molecule has 0 N–H and O–H groups in total. The van der Waals surface area contributed by atoms with Crippen LogP contribution in [0.1, 0.15) is 24.6 Å². The number of non-ortho nitro benzene ring substituents is 1. The fraction of sp³-hybridized carbons (Fsp3) is 0.400. The topological polar surface area (TPSA) is 58.9 Å². The molecule has 0 radical (unpaired) electrons. The van der Waals surface area contributed by atoms with Crippen LogP contribution in [0.2, 0.25) is 0 Å². The molecule has 134 valence electrons. The molecule has 2 aromatic rings. The molecule has 4 aliphatic rings. The number of para-hydroxylation sites is 2. The van der Waals surface area contributed by atoms with Crippen molar-refractivity contribution in [1.29, 1.82) is 0 Å². The summed E-state index contributed by atoms with van der Waals surface area (Å²) in [4.78, 5) is 15.6. The summed E-state index contributed by atoms with van der Waals surface area (Å²) < 4.78 is 6.30. The van der Waals surface area contributed by atoms with E-state index in [2.05, 4.69) is 21.9 Å². The average Bonchev–Trinajstić information content (AvgIpc) is 3.08. The molecule has 6 nitrogen and oxygen atoms in total. The first-order valence-electron chi connectivity index (χ1n) is 9.21. The highest BCUT2D eigenvalue weighted by molar-refractivity contribution is 5.64. The number of nitro groups is 1. The van der Waals surface area contributed by atoms with Crippen molar-refractivity contribution >= 4 is 11.4 Å². The number of ether oxygens (including phenoxy) is 1. The lowest BCUT2D eigenvalue weighted by atomic mass is 9.82. The van der Waals surface area contributed by atoms with Gasteiger partial charge >= 0.3 is 0 Å². The summed E-state index contributed by atoms with van der Waals surface area (Å²) in [5.74, 6) is 1.57. The number of nitro benzene ring substituents is 1. The smallest absolute Gasteiger partial charge is 0.269 e. The molecule has 0 saturated carbocycles. The van der Waals surface area contributed by atoms with Crippen molar-refractivity contribution in [1.82, 2.24) is 4.90 Å². The lowest BCUT2D eigenvalue weighted by Crippen LogP contribution is -2.57. The van der Waals surface area contributed by atoms with Crippen molar-refractivity contribution in [3.05, 3.63) is 64.2 Å². The minimum atomic E-state index is -0.362. The van der Waals surface area contributed by atoms with Gasteiger partial charge in [0.2, 0.25) is 0 Å². The molecule has 26 heavy (non-hydrogen) atoms. The zero-order valence-electron chi connectivity index (χ0n) is 14.5. The van der Waals surface area contributed by atoms with Crippen LogP contribution < -0.4 is 9.64 Å². The highest BCUT2D eigenvalue weighted by atomic mass is 16.6.